The fourth-order valence-electron chi connectivity index (χ4n) is 4.09. The van der Waals surface area contributed by atoms with Crippen LogP contribution in [0.2, 0.25) is 0 Å². The number of anilines is 1. The van der Waals surface area contributed by atoms with Crippen LogP contribution in [0.25, 0.3) is 22.4 Å². The van der Waals surface area contributed by atoms with Crippen LogP contribution < -0.4 is 10.6 Å². The molecule has 2 N–H and O–H groups in total. The highest BCUT2D eigenvalue weighted by Gasteiger charge is 2.29. The number of nitrogens with one attached hydrogen (secondary N) is 2. The van der Waals surface area contributed by atoms with Gasteiger partial charge in [-0.05, 0) is 40.8 Å². The first-order chi connectivity index (χ1) is 14.7. The Morgan fingerprint density at radius 1 is 0.833 bits per heavy atom. The molecule has 5 rings (SSSR count). The zero-order valence-corrected chi connectivity index (χ0v) is 16.6. The molecule has 1 aliphatic rings. The fraction of sp³-hybridized carbons (Fsp3) is 0.0769. The number of benzene rings is 3. The SMILES string of the molecule is Cc1cnc(-c2ccccc2)c(NC(=O)NC2c3ccccc3-c3ccccc32)c1. The average molecular weight is 391 g/mol. The lowest BCUT2D eigenvalue weighted by Gasteiger charge is -2.18. The van der Waals surface area contributed by atoms with E-state index in [2.05, 4.69) is 39.9 Å². The van der Waals surface area contributed by atoms with Gasteiger partial charge in [0.25, 0.3) is 0 Å². The standard InChI is InChI=1S/C26H21N3O/c1-17-15-23(24(27-16-17)18-9-3-2-4-10-18)28-26(30)29-25-21-13-7-5-11-19(21)20-12-6-8-14-22(20)25/h2-16,25H,1H3,(H2,28,29,30). The second-order valence-corrected chi connectivity index (χ2v) is 7.48. The maximum absolute atomic E-state index is 13.0. The molecule has 0 atom stereocenters. The number of hydrogen-bond acceptors (Lipinski definition) is 2. The molecule has 0 aliphatic heterocycles. The predicted octanol–water partition coefficient (Wildman–Crippen LogP) is 5.95. The molecular weight excluding hydrogens is 370 g/mol. The Morgan fingerprint density at radius 2 is 1.43 bits per heavy atom. The minimum Gasteiger partial charge on any atom is -0.327 e. The lowest BCUT2D eigenvalue weighted by molar-refractivity contribution is 0.250. The number of fused-ring (bicyclic) bond motifs is 3. The maximum Gasteiger partial charge on any atom is 0.320 e. The van der Waals surface area contributed by atoms with Crippen LogP contribution in [0.3, 0.4) is 0 Å². The van der Waals surface area contributed by atoms with Crippen LogP contribution in [0.15, 0.2) is 91.1 Å². The molecule has 1 aromatic heterocycles. The van der Waals surface area contributed by atoms with E-state index in [-0.39, 0.29) is 12.1 Å². The number of aromatic nitrogens is 1. The highest BCUT2D eigenvalue weighted by atomic mass is 16.2. The molecule has 0 saturated carbocycles. The summed E-state index contributed by atoms with van der Waals surface area (Å²) in [5.41, 5.74) is 7.95. The molecule has 0 saturated heterocycles. The van der Waals surface area contributed by atoms with Crippen molar-refractivity contribution in [3.63, 3.8) is 0 Å². The Kier molecular flexibility index (Phi) is 4.52. The summed E-state index contributed by atoms with van der Waals surface area (Å²) in [6.45, 7) is 1.97. The first-order valence-corrected chi connectivity index (χ1v) is 9.98. The third-order valence-corrected chi connectivity index (χ3v) is 5.43. The van der Waals surface area contributed by atoms with Gasteiger partial charge in [0.1, 0.15) is 0 Å². The lowest BCUT2D eigenvalue weighted by Crippen LogP contribution is -2.32. The molecule has 2 amide bonds. The van der Waals surface area contributed by atoms with Crippen LogP contribution in [0.1, 0.15) is 22.7 Å². The number of nitrogens with zero attached hydrogens (tertiary/aromatic N) is 1. The Morgan fingerprint density at radius 3 is 2.10 bits per heavy atom. The molecule has 4 heteroatoms. The Balaban J connectivity index is 1.45. The van der Waals surface area contributed by atoms with E-state index in [1.807, 2.05) is 73.8 Å². The topological polar surface area (TPSA) is 54.0 Å². The normalized spacial score (nSPS) is 12.2. The predicted molar refractivity (Wildman–Crippen MR) is 120 cm³/mol. The number of urea groups is 1. The number of pyridine rings is 1. The second kappa shape index (κ2) is 7.48. The van der Waals surface area contributed by atoms with Crippen LogP contribution in [0, 0.1) is 6.92 Å². The minimum absolute atomic E-state index is 0.185. The first kappa shape index (κ1) is 18.1. The van der Waals surface area contributed by atoms with E-state index in [1.54, 1.807) is 0 Å². The lowest BCUT2D eigenvalue weighted by atomic mass is 10.1. The molecule has 0 unspecified atom stereocenters. The van der Waals surface area contributed by atoms with Gasteiger partial charge >= 0.3 is 6.03 Å². The smallest absolute Gasteiger partial charge is 0.320 e. The highest BCUT2D eigenvalue weighted by Crippen LogP contribution is 2.43. The van der Waals surface area contributed by atoms with E-state index in [9.17, 15) is 4.79 Å². The largest absolute Gasteiger partial charge is 0.327 e. The first-order valence-electron chi connectivity index (χ1n) is 9.98. The Bertz CT molecular complexity index is 1190. The van der Waals surface area contributed by atoms with E-state index in [0.717, 1.165) is 27.9 Å². The van der Waals surface area contributed by atoms with E-state index in [1.165, 1.54) is 11.1 Å². The van der Waals surface area contributed by atoms with Crippen molar-refractivity contribution in [1.82, 2.24) is 10.3 Å². The third kappa shape index (κ3) is 3.22. The van der Waals surface area contributed by atoms with Gasteiger partial charge in [0, 0.05) is 11.8 Å². The number of carbonyl (C=O) groups excluding carboxylic acids is 1. The molecule has 3 aromatic carbocycles. The van der Waals surface area contributed by atoms with Gasteiger partial charge in [0.15, 0.2) is 0 Å². The van der Waals surface area contributed by atoms with E-state index in [0.29, 0.717) is 5.69 Å². The summed E-state index contributed by atoms with van der Waals surface area (Å²) in [4.78, 5) is 17.6. The van der Waals surface area contributed by atoms with Gasteiger partial charge in [-0.3, -0.25) is 4.98 Å². The molecule has 0 radical (unpaired) electrons. The summed E-state index contributed by atoms with van der Waals surface area (Å²) in [6.07, 6.45) is 1.81. The van der Waals surface area contributed by atoms with Crippen molar-refractivity contribution >= 4 is 11.7 Å². The van der Waals surface area contributed by atoms with Crippen LogP contribution >= 0.6 is 0 Å². The Labute approximate surface area is 175 Å². The Hall–Kier alpha value is -3.92. The number of rotatable bonds is 3. The van der Waals surface area contributed by atoms with Gasteiger partial charge < -0.3 is 10.6 Å². The minimum atomic E-state index is -0.254. The van der Waals surface area contributed by atoms with Gasteiger partial charge in [-0.2, -0.15) is 0 Å². The molecule has 0 bridgehead atoms. The van der Waals surface area contributed by atoms with Crippen LogP contribution in [0.4, 0.5) is 10.5 Å². The summed E-state index contributed by atoms with van der Waals surface area (Å²) in [6, 6.07) is 27.8. The van der Waals surface area contributed by atoms with Crippen molar-refractivity contribution in [2.24, 2.45) is 0 Å². The van der Waals surface area contributed by atoms with E-state index in [4.69, 9.17) is 0 Å². The monoisotopic (exact) mass is 391 g/mol. The summed E-state index contributed by atoms with van der Waals surface area (Å²) in [7, 11) is 0. The second-order valence-electron chi connectivity index (χ2n) is 7.48. The third-order valence-electron chi connectivity index (χ3n) is 5.43. The van der Waals surface area contributed by atoms with Crippen molar-refractivity contribution in [1.29, 1.82) is 0 Å². The quantitative estimate of drug-likeness (QED) is 0.453. The molecule has 0 fully saturated rings. The summed E-state index contributed by atoms with van der Waals surface area (Å²) in [5, 5.41) is 6.19. The van der Waals surface area contributed by atoms with Crippen LogP contribution in [-0.2, 0) is 0 Å². The molecule has 146 valence electrons. The van der Waals surface area contributed by atoms with Crippen LogP contribution in [0.5, 0.6) is 0 Å². The molecule has 4 aromatic rings. The van der Waals surface area contributed by atoms with Crippen molar-refractivity contribution < 1.29 is 4.79 Å². The highest BCUT2D eigenvalue weighted by molar-refractivity contribution is 5.95. The summed E-state index contributed by atoms with van der Waals surface area (Å²) in [5.74, 6) is 0. The van der Waals surface area contributed by atoms with Crippen molar-refractivity contribution in [2.75, 3.05) is 5.32 Å². The fourth-order valence-corrected chi connectivity index (χ4v) is 4.09. The molecule has 1 heterocycles. The summed E-state index contributed by atoms with van der Waals surface area (Å²) >= 11 is 0. The van der Waals surface area contributed by atoms with Crippen molar-refractivity contribution in [3.05, 3.63) is 108 Å². The summed E-state index contributed by atoms with van der Waals surface area (Å²) < 4.78 is 0. The van der Waals surface area contributed by atoms with Crippen molar-refractivity contribution in [3.8, 4) is 22.4 Å². The van der Waals surface area contributed by atoms with E-state index >= 15 is 0 Å². The molecule has 0 spiro atoms. The molecular formula is C26H21N3O. The molecule has 1 aliphatic carbocycles. The number of aryl methyl sites for hydroxylation is 1. The zero-order chi connectivity index (χ0) is 20.5. The number of hydrogen-bond donors (Lipinski definition) is 2. The van der Waals surface area contributed by atoms with Gasteiger partial charge in [-0.25, -0.2) is 4.79 Å². The van der Waals surface area contributed by atoms with Gasteiger partial charge in [0.05, 0.1) is 17.4 Å². The zero-order valence-electron chi connectivity index (χ0n) is 16.6. The average Bonchev–Trinajstić information content (AvgIpc) is 3.08. The van der Waals surface area contributed by atoms with Gasteiger partial charge in [-0.15, -0.1) is 0 Å². The van der Waals surface area contributed by atoms with Crippen molar-refractivity contribution in [2.45, 2.75) is 13.0 Å². The van der Waals surface area contributed by atoms with E-state index < -0.39 is 0 Å². The molecule has 30 heavy (non-hydrogen) atoms. The number of carbonyl (C=O) groups is 1. The molecule has 4 nitrogen and oxygen atoms in total. The number of amides is 2. The maximum atomic E-state index is 13.0. The van der Waals surface area contributed by atoms with Gasteiger partial charge in [0.2, 0.25) is 0 Å². The van der Waals surface area contributed by atoms with Gasteiger partial charge in [-0.1, -0.05) is 78.9 Å². The van der Waals surface area contributed by atoms with Crippen LogP contribution in [-0.4, -0.2) is 11.0 Å².